The molecule has 0 aliphatic heterocycles. The van der Waals surface area contributed by atoms with E-state index < -0.39 is 4.92 Å². The molecular weight excluding hydrogens is 254 g/mol. The summed E-state index contributed by atoms with van der Waals surface area (Å²) in [5, 5.41) is 10.8. The first-order valence-corrected chi connectivity index (χ1v) is 6.41. The molecule has 0 aliphatic rings. The maximum atomic E-state index is 12.3. The zero-order valence-electron chi connectivity index (χ0n) is 11.4. The van der Waals surface area contributed by atoms with E-state index in [4.69, 9.17) is 0 Å². The van der Waals surface area contributed by atoms with Gasteiger partial charge < -0.3 is 0 Å². The van der Waals surface area contributed by atoms with E-state index in [0.717, 1.165) is 6.42 Å². The Morgan fingerprint density at radius 1 is 1.10 bits per heavy atom. The van der Waals surface area contributed by atoms with Gasteiger partial charge >= 0.3 is 0 Å². The van der Waals surface area contributed by atoms with Crippen LogP contribution in [0.5, 0.6) is 0 Å². The van der Waals surface area contributed by atoms with Crippen LogP contribution in [0.3, 0.4) is 0 Å². The highest BCUT2D eigenvalue weighted by Gasteiger charge is 2.14. The lowest BCUT2D eigenvalue weighted by atomic mass is 9.99. The third-order valence-electron chi connectivity index (χ3n) is 3.28. The Labute approximate surface area is 117 Å². The van der Waals surface area contributed by atoms with Gasteiger partial charge in [-0.1, -0.05) is 31.2 Å². The minimum atomic E-state index is -0.445. The predicted molar refractivity (Wildman–Crippen MR) is 77.1 cm³/mol. The van der Waals surface area contributed by atoms with Gasteiger partial charge in [-0.3, -0.25) is 14.9 Å². The summed E-state index contributed by atoms with van der Waals surface area (Å²) in [5.41, 5.74) is 2.75. The van der Waals surface area contributed by atoms with Crippen molar-refractivity contribution in [3.05, 3.63) is 74.8 Å². The molecule has 2 rings (SSSR count). The van der Waals surface area contributed by atoms with Crippen LogP contribution in [0.1, 0.15) is 34.0 Å². The molecule has 0 aliphatic carbocycles. The lowest BCUT2D eigenvalue weighted by molar-refractivity contribution is -0.385. The molecule has 0 heterocycles. The Morgan fingerprint density at radius 3 is 2.20 bits per heavy atom. The molecule has 0 atom stereocenters. The van der Waals surface area contributed by atoms with E-state index in [9.17, 15) is 14.9 Å². The first-order chi connectivity index (χ1) is 9.52. The molecule has 2 aromatic carbocycles. The average Bonchev–Trinajstić information content (AvgIpc) is 2.46. The smallest absolute Gasteiger partial charge is 0.272 e. The molecule has 4 heteroatoms. The van der Waals surface area contributed by atoms with E-state index >= 15 is 0 Å². The maximum Gasteiger partial charge on any atom is 0.272 e. The number of benzene rings is 2. The van der Waals surface area contributed by atoms with Crippen molar-refractivity contribution in [3.8, 4) is 0 Å². The lowest BCUT2D eigenvalue weighted by Crippen LogP contribution is -2.03. The fourth-order valence-electron chi connectivity index (χ4n) is 2.06. The topological polar surface area (TPSA) is 60.2 Å². The number of nitrogens with zero attached hydrogens (tertiary/aromatic N) is 1. The highest BCUT2D eigenvalue weighted by Crippen LogP contribution is 2.20. The largest absolute Gasteiger partial charge is 0.289 e. The van der Waals surface area contributed by atoms with Crippen molar-refractivity contribution < 1.29 is 9.72 Å². The molecule has 0 amide bonds. The van der Waals surface area contributed by atoms with Gasteiger partial charge in [0, 0.05) is 22.8 Å². The number of hydrogen-bond donors (Lipinski definition) is 0. The molecule has 0 bridgehead atoms. The van der Waals surface area contributed by atoms with Crippen LogP contribution in [-0.4, -0.2) is 10.7 Å². The quantitative estimate of drug-likeness (QED) is 0.483. The Hall–Kier alpha value is -2.49. The molecule has 0 fully saturated rings. The van der Waals surface area contributed by atoms with Crippen LogP contribution in [0.25, 0.3) is 0 Å². The van der Waals surface area contributed by atoms with Gasteiger partial charge in [-0.05, 0) is 31.0 Å². The van der Waals surface area contributed by atoms with Crippen molar-refractivity contribution in [1.29, 1.82) is 0 Å². The van der Waals surface area contributed by atoms with Gasteiger partial charge in [0.05, 0.1) is 4.92 Å². The molecule has 0 unspecified atom stereocenters. The van der Waals surface area contributed by atoms with Gasteiger partial charge in [-0.25, -0.2) is 0 Å². The molecule has 0 radical (unpaired) electrons. The minimum absolute atomic E-state index is 0.0304. The van der Waals surface area contributed by atoms with E-state index in [-0.39, 0.29) is 11.5 Å². The summed E-state index contributed by atoms with van der Waals surface area (Å²) in [6, 6.07) is 11.9. The van der Waals surface area contributed by atoms with Gasteiger partial charge in [-0.15, -0.1) is 0 Å². The van der Waals surface area contributed by atoms with Crippen LogP contribution >= 0.6 is 0 Å². The first-order valence-electron chi connectivity index (χ1n) is 6.41. The summed E-state index contributed by atoms with van der Waals surface area (Å²) in [6.07, 6.45) is 0.922. The van der Waals surface area contributed by atoms with E-state index in [2.05, 4.69) is 6.92 Å². The third-order valence-corrected chi connectivity index (χ3v) is 3.28. The normalized spacial score (nSPS) is 10.3. The third kappa shape index (κ3) is 2.74. The SMILES string of the molecule is CCc1ccc(C(=O)c2ccc([N+](=O)[O-])c(C)c2)cc1. The second kappa shape index (κ2) is 5.65. The maximum absolute atomic E-state index is 12.3. The lowest BCUT2D eigenvalue weighted by Gasteiger charge is -2.04. The van der Waals surface area contributed by atoms with Crippen molar-refractivity contribution in [1.82, 2.24) is 0 Å². The van der Waals surface area contributed by atoms with Crippen molar-refractivity contribution in [2.45, 2.75) is 20.3 Å². The van der Waals surface area contributed by atoms with Gasteiger partial charge in [0.25, 0.3) is 5.69 Å². The van der Waals surface area contributed by atoms with Crippen LogP contribution in [0, 0.1) is 17.0 Å². The fraction of sp³-hybridized carbons (Fsp3) is 0.188. The van der Waals surface area contributed by atoms with Crippen LogP contribution < -0.4 is 0 Å². The summed E-state index contributed by atoms with van der Waals surface area (Å²) in [7, 11) is 0. The summed E-state index contributed by atoms with van der Waals surface area (Å²) in [4.78, 5) is 22.6. The highest BCUT2D eigenvalue weighted by molar-refractivity contribution is 6.09. The second-order valence-corrected chi connectivity index (χ2v) is 4.64. The number of nitro benzene ring substituents is 1. The minimum Gasteiger partial charge on any atom is -0.289 e. The van der Waals surface area contributed by atoms with Crippen LogP contribution in [-0.2, 0) is 6.42 Å². The van der Waals surface area contributed by atoms with E-state index in [1.165, 1.54) is 17.7 Å². The average molecular weight is 269 g/mol. The zero-order chi connectivity index (χ0) is 14.7. The zero-order valence-corrected chi connectivity index (χ0v) is 11.4. The molecule has 2 aromatic rings. The highest BCUT2D eigenvalue weighted by atomic mass is 16.6. The number of hydrogen-bond acceptors (Lipinski definition) is 3. The van der Waals surface area contributed by atoms with Crippen molar-refractivity contribution in [2.75, 3.05) is 0 Å². The standard InChI is InChI=1S/C16H15NO3/c1-3-12-4-6-13(7-5-12)16(18)14-8-9-15(17(19)20)11(2)10-14/h4-10H,3H2,1-2H3. The molecular formula is C16H15NO3. The first kappa shape index (κ1) is 13.9. The van der Waals surface area contributed by atoms with Crippen molar-refractivity contribution in [2.24, 2.45) is 0 Å². The molecule has 4 nitrogen and oxygen atoms in total. The van der Waals surface area contributed by atoms with Gasteiger partial charge in [0.2, 0.25) is 0 Å². The second-order valence-electron chi connectivity index (χ2n) is 4.64. The van der Waals surface area contributed by atoms with Crippen LogP contribution in [0.15, 0.2) is 42.5 Å². The number of nitro groups is 1. The molecule has 0 saturated heterocycles. The summed E-state index contributed by atoms with van der Waals surface area (Å²) in [5.74, 6) is -0.120. The molecule has 0 spiro atoms. The number of carbonyl (C=O) groups is 1. The summed E-state index contributed by atoms with van der Waals surface area (Å²) >= 11 is 0. The Bertz CT molecular complexity index is 660. The Kier molecular flexibility index (Phi) is 3.94. The molecule has 20 heavy (non-hydrogen) atoms. The molecule has 0 aromatic heterocycles. The van der Waals surface area contributed by atoms with Crippen LogP contribution in [0.2, 0.25) is 0 Å². The number of ketones is 1. The number of rotatable bonds is 4. The molecule has 0 saturated carbocycles. The van der Waals surface area contributed by atoms with Crippen molar-refractivity contribution in [3.63, 3.8) is 0 Å². The van der Waals surface area contributed by atoms with Crippen LogP contribution in [0.4, 0.5) is 5.69 Å². The van der Waals surface area contributed by atoms with Gasteiger partial charge in [-0.2, -0.15) is 0 Å². The fourth-order valence-corrected chi connectivity index (χ4v) is 2.06. The monoisotopic (exact) mass is 269 g/mol. The van der Waals surface area contributed by atoms with Gasteiger partial charge in [0.15, 0.2) is 5.78 Å². The summed E-state index contributed by atoms with van der Waals surface area (Å²) in [6.45, 7) is 3.69. The molecule has 0 N–H and O–H groups in total. The predicted octanol–water partition coefficient (Wildman–Crippen LogP) is 3.70. The number of carbonyl (C=O) groups excluding carboxylic acids is 1. The Balaban J connectivity index is 2.33. The van der Waals surface area contributed by atoms with E-state index in [1.54, 1.807) is 25.1 Å². The van der Waals surface area contributed by atoms with Crippen molar-refractivity contribution >= 4 is 11.5 Å². The Morgan fingerprint density at radius 2 is 1.70 bits per heavy atom. The molecule has 102 valence electrons. The van der Waals surface area contributed by atoms with E-state index in [0.29, 0.717) is 16.7 Å². The summed E-state index contributed by atoms with van der Waals surface area (Å²) < 4.78 is 0. The number of aryl methyl sites for hydroxylation is 2. The van der Waals surface area contributed by atoms with Gasteiger partial charge in [0.1, 0.15) is 0 Å². The van der Waals surface area contributed by atoms with E-state index in [1.807, 2.05) is 12.1 Å².